The standard InChI is InChI=1S/C20H17N3O4S/c1-13-4-6-14(7-5-13)15-11-21-17(26-15)8-9-19(24)25-12-18-22-20(23-27-18)16-3-2-10-28-16/h2-7,10-11H,8-9,12H2,1H3. The van der Waals surface area contributed by atoms with E-state index in [0.717, 1.165) is 10.4 Å². The second-order valence-electron chi connectivity index (χ2n) is 6.13. The molecule has 0 bridgehead atoms. The summed E-state index contributed by atoms with van der Waals surface area (Å²) in [5, 5.41) is 5.80. The van der Waals surface area contributed by atoms with Gasteiger partial charge in [0.05, 0.1) is 17.5 Å². The molecule has 1 aromatic carbocycles. The molecule has 3 heterocycles. The summed E-state index contributed by atoms with van der Waals surface area (Å²) >= 11 is 1.51. The van der Waals surface area contributed by atoms with E-state index in [1.165, 1.54) is 16.9 Å². The fourth-order valence-corrected chi connectivity index (χ4v) is 3.17. The van der Waals surface area contributed by atoms with Gasteiger partial charge in [-0.15, -0.1) is 11.3 Å². The van der Waals surface area contributed by atoms with Gasteiger partial charge in [-0.2, -0.15) is 4.98 Å². The van der Waals surface area contributed by atoms with Crippen LogP contribution in [-0.2, 0) is 22.6 Å². The molecule has 0 atom stereocenters. The maximum absolute atomic E-state index is 12.0. The molecule has 0 spiro atoms. The highest BCUT2D eigenvalue weighted by atomic mass is 32.1. The monoisotopic (exact) mass is 395 g/mol. The zero-order valence-corrected chi connectivity index (χ0v) is 15.9. The van der Waals surface area contributed by atoms with Crippen LogP contribution >= 0.6 is 11.3 Å². The molecule has 0 aliphatic carbocycles. The first-order valence-electron chi connectivity index (χ1n) is 8.71. The van der Waals surface area contributed by atoms with Crippen LogP contribution in [0.25, 0.3) is 22.0 Å². The van der Waals surface area contributed by atoms with Gasteiger partial charge in [0.2, 0.25) is 5.82 Å². The van der Waals surface area contributed by atoms with Gasteiger partial charge in [-0.25, -0.2) is 4.98 Å². The third-order valence-corrected chi connectivity index (χ3v) is 4.86. The van der Waals surface area contributed by atoms with Gasteiger partial charge in [-0.1, -0.05) is 41.1 Å². The number of hydrogen-bond donors (Lipinski definition) is 0. The van der Waals surface area contributed by atoms with Crippen molar-refractivity contribution in [2.45, 2.75) is 26.4 Å². The molecule has 0 aliphatic rings. The summed E-state index contributed by atoms with van der Waals surface area (Å²) < 4.78 is 16.0. The Morgan fingerprint density at radius 1 is 1.18 bits per heavy atom. The van der Waals surface area contributed by atoms with Crippen LogP contribution in [0.4, 0.5) is 0 Å². The molecule has 0 N–H and O–H groups in total. The van der Waals surface area contributed by atoms with Crippen LogP contribution in [0.1, 0.15) is 23.8 Å². The van der Waals surface area contributed by atoms with E-state index in [2.05, 4.69) is 15.1 Å². The third-order valence-electron chi connectivity index (χ3n) is 4.00. The SMILES string of the molecule is Cc1ccc(-c2cnc(CCC(=O)OCc3nc(-c4cccs4)no3)o2)cc1. The Balaban J connectivity index is 1.26. The number of aromatic nitrogens is 3. The molecule has 0 unspecified atom stereocenters. The van der Waals surface area contributed by atoms with Crippen LogP contribution < -0.4 is 0 Å². The molecule has 0 fully saturated rings. The molecule has 4 aromatic rings. The summed E-state index contributed by atoms with van der Waals surface area (Å²) in [6, 6.07) is 11.8. The highest BCUT2D eigenvalue weighted by Gasteiger charge is 2.13. The Morgan fingerprint density at radius 3 is 2.82 bits per heavy atom. The van der Waals surface area contributed by atoms with Crippen molar-refractivity contribution >= 4 is 17.3 Å². The summed E-state index contributed by atoms with van der Waals surface area (Å²) in [5.74, 6) is 1.53. The van der Waals surface area contributed by atoms with Crippen molar-refractivity contribution in [3.8, 4) is 22.0 Å². The molecule has 28 heavy (non-hydrogen) atoms. The number of oxazole rings is 1. The van der Waals surface area contributed by atoms with Crippen LogP contribution in [0.15, 0.2) is 56.9 Å². The van der Waals surface area contributed by atoms with Gasteiger partial charge in [-0.3, -0.25) is 4.79 Å². The largest absolute Gasteiger partial charge is 0.456 e. The van der Waals surface area contributed by atoms with Gasteiger partial charge in [0.25, 0.3) is 5.89 Å². The number of benzene rings is 1. The minimum absolute atomic E-state index is 0.0581. The number of carbonyl (C=O) groups excluding carboxylic acids is 1. The maximum atomic E-state index is 12.0. The fraction of sp³-hybridized carbons (Fsp3) is 0.200. The number of aryl methyl sites for hydroxylation is 2. The van der Waals surface area contributed by atoms with E-state index in [0.29, 0.717) is 23.9 Å². The first-order chi connectivity index (χ1) is 13.7. The number of hydrogen-bond acceptors (Lipinski definition) is 8. The topological polar surface area (TPSA) is 91.2 Å². The number of nitrogens with zero attached hydrogens (tertiary/aromatic N) is 3. The van der Waals surface area contributed by atoms with Crippen molar-refractivity contribution in [2.75, 3.05) is 0 Å². The minimum atomic E-state index is -0.383. The first-order valence-corrected chi connectivity index (χ1v) is 9.59. The second-order valence-corrected chi connectivity index (χ2v) is 7.08. The van der Waals surface area contributed by atoms with Crippen molar-refractivity contribution < 1.29 is 18.5 Å². The van der Waals surface area contributed by atoms with Crippen molar-refractivity contribution in [2.24, 2.45) is 0 Å². The summed E-state index contributed by atoms with van der Waals surface area (Å²) in [5.41, 5.74) is 2.12. The summed E-state index contributed by atoms with van der Waals surface area (Å²) in [4.78, 5) is 21.3. The molecule has 0 amide bonds. The maximum Gasteiger partial charge on any atom is 0.306 e. The van der Waals surface area contributed by atoms with Gasteiger partial charge in [0.1, 0.15) is 0 Å². The minimum Gasteiger partial charge on any atom is -0.456 e. The van der Waals surface area contributed by atoms with Gasteiger partial charge >= 0.3 is 5.97 Å². The Labute approximate surface area is 165 Å². The second kappa shape index (κ2) is 8.18. The van der Waals surface area contributed by atoms with Gasteiger partial charge < -0.3 is 13.7 Å². The quantitative estimate of drug-likeness (QED) is 0.427. The molecule has 8 heteroatoms. The molecular formula is C20H17N3O4S. The van der Waals surface area contributed by atoms with E-state index < -0.39 is 0 Å². The van der Waals surface area contributed by atoms with Crippen molar-refractivity contribution in [3.05, 3.63) is 65.3 Å². The van der Waals surface area contributed by atoms with E-state index in [-0.39, 0.29) is 24.9 Å². The lowest BCUT2D eigenvalue weighted by Gasteiger charge is -2.00. The smallest absolute Gasteiger partial charge is 0.306 e. The average Bonchev–Trinajstić information content (AvgIpc) is 3.46. The van der Waals surface area contributed by atoms with Crippen LogP contribution in [-0.4, -0.2) is 21.1 Å². The van der Waals surface area contributed by atoms with E-state index in [9.17, 15) is 4.79 Å². The van der Waals surface area contributed by atoms with E-state index >= 15 is 0 Å². The highest BCUT2D eigenvalue weighted by Crippen LogP contribution is 2.22. The fourth-order valence-electron chi connectivity index (χ4n) is 2.52. The zero-order chi connectivity index (χ0) is 19.3. The highest BCUT2D eigenvalue weighted by molar-refractivity contribution is 7.13. The van der Waals surface area contributed by atoms with Gasteiger partial charge in [0.15, 0.2) is 18.3 Å². The van der Waals surface area contributed by atoms with Crippen LogP contribution in [0.5, 0.6) is 0 Å². The molecule has 3 aromatic heterocycles. The number of thiophene rings is 1. The molecular weight excluding hydrogens is 378 g/mol. The normalized spacial score (nSPS) is 10.9. The molecule has 142 valence electrons. The third kappa shape index (κ3) is 4.34. The lowest BCUT2D eigenvalue weighted by Crippen LogP contribution is -2.06. The van der Waals surface area contributed by atoms with E-state index in [4.69, 9.17) is 13.7 Å². The van der Waals surface area contributed by atoms with Crippen LogP contribution in [0, 0.1) is 6.92 Å². The lowest BCUT2D eigenvalue weighted by atomic mass is 10.1. The lowest BCUT2D eigenvalue weighted by molar-refractivity contribution is -0.145. The van der Waals surface area contributed by atoms with Crippen molar-refractivity contribution in [1.82, 2.24) is 15.1 Å². The number of ether oxygens (including phenoxy) is 1. The Morgan fingerprint density at radius 2 is 2.04 bits per heavy atom. The summed E-state index contributed by atoms with van der Waals surface area (Å²) in [7, 11) is 0. The Bertz CT molecular complexity index is 1050. The molecule has 0 aliphatic heterocycles. The molecule has 0 saturated carbocycles. The Hall–Kier alpha value is -3.26. The predicted molar refractivity (Wildman–Crippen MR) is 102 cm³/mol. The van der Waals surface area contributed by atoms with Crippen molar-refractivity contribution in [3.63, 3.8) is 0 Å². The number of carbonyl (C=O) groups is 1. The Kier molecular flexibility index (Phi) is 5.29. The summed E-state index contributed by atoms with van der Waals surface area (Å²) in [6.07, 6.45) is 2.17. The van der Waals surface area contributed by atoms with Crippen LogP contribution in [0.2, 0.25) is 0 Å². The first kappa shape index (κ1) is 18.1. The van der Waals surface area contributed by atoms with Crippen molar-refractivity contribution in [1.29, 1.82) is 0 Å². The molecule has 0 radical (unpaired) electrons. The van der Waals surface area contributed by atoms with E-state index in [1.807, 2.05) is 48.7 Å². The molecule has 0 saturated heterocycles. The van der Waals surface area contributed by atoms with Gasteiger partial charge in [0, 0.05) is 12.0 Å². The average molecular weight is 395 g/mol. The molecule has 7 nitrogen and oxygen atoms in total. The van der Waals surface area contributed by atoms with Gasteiger partial charge in [-0.05, 0) is 18.4 Å². The molecule has 4 rings (SSSR count). The predicted octanol–water partition coefficient (Wildman–Crippen LogP) is 4.44. The zero-order valence-electron chi connectivity index (χ0n) is 15.1. The number of rotatable bonds is 7. The summed E-state index contributed by atoms with van der Waals surface area (Å²) in [6.45, 7) is 1.97. The number of esters is 1. The van der Waals surface area contributed by atoms with Crippen LogP contribution in [0.3, 0.4) is 0 Å². The van der Waals surface area contributed by atoms with E-state index in [1.54, 1.807) is 6.20 Å².